The number of aromatic hydroxyl groups is 1. The number of nitrogens with two attached hydrogens (primary N) is 1. The highest BCUT2D eigenvalue weighted by Crippen LogP contribution is 2.44. The number of benzene rings is 6. The summed E-state index contributed by atoms with van der Waals surface area (Å²) in [5.41, 5.74) is 9.01. The molecule has 0 bridgehead atoms. The lowest BCUT2D eigenvalue weighted by Crippen LogP contribution is -2.51. The third-order valence-electron chi connectivity index (χ3n) is 22.4. The number of ether oxygens (including phenoxy) is 2. The number of aliphatic carboxylic acids is 6. The van der Waals surface area contributed by atoms with Gasteiger partial charge in [0.1, 0.15) is 39.6 Å². The van der Waals surface area contributed by atoms with Crippen molar-refractivity contribution in [3.63, 3.8) is 0 Å². The number of nitrogen functional groups attached to an aromatic ring is 1. The molecule has 2 fully saturated rings. The van der Waals surface area contributed by atoms with Crippen LogP contribution in [0.5, 0.6) is 5.75 Å². The van der Waals surface area contributed by atoms with Gasteiger partial charge >= 0.3 is 41.8 Å². The summed E-state index contributed by atoms with van der Waals surface area (Å²) in [6.45, 7) is 4.13. The number of anilines is 2. The van der Waals surface area contributed by atoms with Gasteiger partial charge in [-0.1, -0.05) is 60.7 Å². The molecule has 0 radical (unpaired) electrons. The van der Waals surface area contributed by atoms with Gasteiger partial charge < -0.3 is 93.5 Å². The number of unbranched alkanes of at least 4 members (excludes halogenated alkanes) is 2. The number of carbonyl (C=O) groups is 13. The third-order valence-corrected chi connectivity index (χ3v) is 24.2. The molecule has 19 N–H and O–H groups in total. The Balaban J connectivity index is 0.784. The summed E-state index contributed by atoms with van der Waals surface area (Å²) in [6.07, 6.45) is 2.65. The number of rotatable bonds is 49. The lowest BCUT2D eigenvalue weighted by atomic mass is 9.81. The quantitative estimate of drug-likeness (QED) is 0.0108. The number of aryl methyl sites for hydroxylation is 2. The van der Waals surface area contributed by atoms with Gasteiger partial charge in [0, 0.05) is 115 Å². The lowest BCUT2D eigenvalue weighted by molar-refractivity contribution is -0.141. The van der Waals surface area contributed by atoms with Crippen molar-refractivity contribution in [1.29, 1.82) is 0 Å². The number of fused-ring (bicyclic) bond motifs is 2. The molecule has 4 atom stereocenters. The molecule has 8 rings (SSSR count). The molecule has 1 saturated carbocycles. The maximum atomic E-state index is 14.5. The van der Waals surface area contributed by atoms with E-state index in [1.165, 1.54) is 0 Å². The number of urea groups is 1. The number of nitrogens with one attached hydrogen (secondary N) is 8. The topological polar surface area (TPSA) is 651 Å². The molecular formula is C87H115N15O28S2. The van der Waals surface area contributed by atoms with E-state index in [1.807, 2.05) is 42.5 Å². The van der Waals surface area contributed by atoms with Crippen molar-refractivity contribution >= 4 is 142 Å². The maximum Gasteiger partial charge on any atom is 0.326 e. The highest BCUT2D eigenvalue weighted by atomic mass is 32.2. The van der Waals surface area contributed by atoms with Crippen LogP contribution in [0.25, 0.3) is 32.7 Å². The Hall–Kier alpha value is -12.5. The van der Waals surface area contributed by atoms with Crippen molar-refractivity contribution in [2.24, 2.45) is 22.1 Å². The van der Waals surface area contributed by atoms with E-state index in [0.29, 0.717) is 84.8 Å². The van der Waals surface area contributed by atoms with Gasteiger partial charge in [-0.2, -0.15) is 21.9 Å². The van der Waals surface area contributed by atoms with E-state index in [2.05, 4.69) is 52.8 Å². The van der Waals surface area contributed by atoms with Gasteiger partial charge in [-0.15, -0.1) is 5.11 Å². The van der Waals surface area contributed by atoms with Crippen LogP contribution >= 0.6 is 0 Å². The number of nitrogens with zero attached hydrogens (tertiary/aromatic N) is 6. The van der Waals surface area contributed by atoms with Crippen molar-refractivity contribution in [2.45, 2.75) is 144 Å². The molecule has 2 aliphatic rings. The molecule has 1 saturated heterocycles. The van der Waals surface area contributed by atoms with Crippen LogP contribution in [0.3, 0.4) is 0 Å². The number of phenolic OH excluding ortho intramolecular Hbond substituents is 1. The molecular weight excluding hydrogens is 1770 g/mol. The molecule has 8 amide bonds. The van der Waals surface area contributed by atoms with Crippen molar-refractivity contribution in [2.75, 3.05) is 136 Å². The molecule has 1 aliphatic carbocycles. The summed E-state index contributed by atoms with van der Waals surface area (Å²) < 4.78 is 79.7. The summed E-state index contributed by atoms with van der Waals surface area (Å²) in [7, 11) is -10.3. The number of azo groups is 1. The summed E-state index contributed by atoms with van der Waals surface area (Å²) in [4.78, 5) is 170. The van der Waals surface area contributed by atoms with Crippen LogP contribution in [0.1, 0.15) is 107 Å². The number of amides is 8. The molecule has 0 spiro atoms. The molecule has 718 valence electrons. The van der Waals surface area contributed by atoms with Gasteiger partial charge in [-0.25, -0.2) is 14.4 Å². The zero-order valence-electron chi connectivity index (χ0n) is 73.1. The van der Waals surface area contributed by atoms with Crippen LogP contribution in [-0.2, 0) is 93.7 Å². The van der Waals surface area contributed by atoms with Crippen molar-refractivity contribution in [3.05, 3.63) is 114 Å². The van der Waals surface area contributed by atoms with E-state index in [9.17, 15) is 119 Å². The monoisotopic (exact) mass is 1880 g/mol. The SMILES string of the molecule is Cc1cc(-c2ccc(NC(=O)[C@H](CCCCNC(=O)CCOCCOCCC(=O)NCC3CCC(C(=O)N[C@@H](Cc4ccc5ccccc5c4)C(=O)NCCCC[C@H](NC(=O)N[C@@H](CCC(=O)O)C(=O)O)C(=O)O)CC3)NC(=O)CN3CCN(CC(=O)O)CCN(CC(=O)O)CCN(CC(=O)O)CC3)c(C)c2)ccc1N=Nc1ccc2c(S(=O)(=O)O)cc(S(=O)(=O)O)c(N)c2c1O. The zero-order valence-corrected chi connectivity index (χ0v) is 74.7. The molecule has 6 aromatic carbocycles. The van der Waals surface area contributed by atoms with E-state index < -0.39 is 162 Å². The Kier molecular flexibility index (Phi) is 40.8. The average Bonchev–Trinajstić information content (AvgIpc) is 0.741. The van der Waals surface area contributed by atoms with Gasteiger partial charge in [0.05, 0.1) is 69.4 Å². The van der Waals surface area contributed by atoms with Crippen molar-refractivity contribution < 1.29 is 133 Å². The Morgan fingerprint density at radius 1 is 0.477 bits per heavy atom. The third kappa shape index (κ3) is 34.7. The number of carboxylic acids is 6. The van der Waals surface area contributed by atoms with E-state index in [4.69, 9.17) is 20.3 Å². The first-order valence-corrected chi connectivity index (χ1v) is 45.9. The second kappa shape index (κ2) is 51.4. The standard InChI is InChI=1S/C87H115N15O28S2/c1-53-43-60(61-20-23-64(54(2)44-61)97-98-65-24-21-62-70(131(123,124)125)47-71(132(126,127)128)80(88)79(62)81(65)114)19-22-63(53)93-84(117)66(92-74(105)49-99-31-33-100(50-76(108)109)35-37-102(52-78(112)113)38-36-101(34-32-99)51-77(110)111)11-5-7-29-89-72(103)27-39-129-41-42-130-40-28-73(104)91-48-55-13-17-58(18-14-55)82(115)94-69(46-56-15-16-57-9-3-4-10-59(57)45-56)83(116)90-30-8-6-12-67(85(118)119)95-87(122)96-68(86(120)121)25-26-75(106)107/h3-4,9-10,15-16,19-24,43-45,47,55,58,66-69,114H,5-8,11-14,17-18,25-42,46,48-52,88H2,1-2H3,(H,89,103)(H,90,116)(H,91,104)(H,92,105)(H,93,117)(H,94,115)(H,106,107)(H,108,109)(H,110,111)(H,112,113)(H,118,119)(H,120,121)(H2,95,96,122)(H,123,124,125)(H,126,127,128)/t55?,58?,66-,67-,68-,69-/m0/s1. The molecule has 43 nitrogen and oxygen atoms in total. The van der Waals surface area contributed by atoms with Crippen LogP contribution in [0, 0.1) is 25.7 Å². The summed E-state index contributed by atoms with van der Waals surface area (Å²) in [6, 6.07) is 20.2. The first-order chi connectivity index (χ1) is 62.7. The van der Waals surface area contributed by atoms with Gasteiger partial charge in [0.25, 0.3) is 20.2 Å². The molecule has 0 unspecified atom stereocenters. The minimum atomic E-state index is -5.16. The van der Waals surface area contributed by atoms with Crippen LogP contribution in [0.2, 0.25) is 0 Å². The number of hydrogen-bond donors (Lipinski definition) is 18. The number of carboxylic acid groups (broad SMARTS) is 6. The number of carbonyl (C=O) groups excluding carboxylic acids is 7. The second-order valence-electron chi connectivity index (χ2n) is 32.4. The second-order valence-corrected chi connectivity index (χ2v) is 35.2. The normalized spacial score (nSPS) is 16.1. The van der Waals surface area contributed by atoms with Gasteiger partial charge in [-0.3, -0.25) is 76.7 Å². The van der Waals surface area contributed by atoms with Crippen molar-refractivity contribution in [3.8, 4) is 16.9 Å². The minimum absolute atomic E-state index is 0.00763. The van der Waals surface area contributed by atoms with Crippen molar-refractivity contribution in [1.82, 2.24) is 56.8 Å². The molecule has 1 aliphatic heterocycles. The largest absolute Gasteiger partial charge is 0.505 e. The smallest absolute Gasteiger partial charge is 0.326 e. The molecule has 0 aromatic heterocycles. The van der Waals surface area contributed by atoms with Crippen LogP contribution < -0.4 is 48.3 Å². The Morgan fingerprint density at radius 2 is 0.985 bits per heavy atom. The zero-order chi connectivity index (χ0) is 96.4. The van der Waals surface area contributed by atoms with Crippen LogP contribution in [0.4, 0.5) is 27.5 Å². The predicted molar refractivity (Wildman–Crippen MR) is 478 cm³/mol. The summed E-state index contributed by atoms with van der Waals surface area (Å²) in [5.74, 6) is -11.2. The molecule has 132 heavy (non-hydrogen) atoms. The van der Waals surface area contributed by atoms with Gasteiger partial charge in [0.15, 0.2) is 5.75 Å². The van der Waals surface area contributed by atoms with Crippen LogP contribution in [0.15, 0.2) is 117 Å². The Bertz CT molecular complexity index is 5360. The van der Waals surface area contributed by atoms with E-state index in [-0.39, 0.29) is 185 Å². The highest BCUT2D eigenvalue weighted by molar-refractivity contribution is 7.87. The van der Waals surface area contributed by atoms with Gasteiger partial charge in [-0.05, 0) is 165 Å². The first-order valence-electron chi connectivity index (χ1n) is 43.0. The fourth-order valence-electron chi connectivity index (χ4n) is 15.2. The molecule has 45 heteroatoms. The average molecular weight is 1880 g/mol. The van der Waals surface area contributed by atoms with E-state index >= 15 is 0 Å². The number of hydrogen-bond acceptors (Lipinski definition) is 27. The van der Waals surface area contributed by atoms with E-state index in [0.717, 1.165) is 28.5 Å². The van der Waals surface area contributed by atoms with Crippen LogP contribution in [-0.4, -0.2) is 307 Å². The highest BCUT2D eigenvalue weighted by Gasteiger charge is 2.34. The minimum Gasteiger partial charge on any atom is -0.505 e. The summed E-state index contributed by atoms with van der Waals surface area (Å²) >= 11 is 0. The predicted octanol–water partition coefficient (Wildman–Crippen LogP) is 4.48. The Labute approximate surface area is 760 Å². The maximum absolute atomic E-state index is 14.5. The lowest BCUT2D eigenvalue weighted by Gasteiger charge is -2.33. The first kappa shape index (κ1) is 105. The molecule has 6 aromatic rings. The Morgan fingerprint density at radius 3 is 1.52 bits per heavy atom. The fourth-order valence-corrected chi connectivity index (χ4v) is 16.6. The number of phenols is 1. The summed E-state index contributed by atoms with van der Waals surface area (Å²) in [5, 5.41) is 99.4. The van der Waals surface area contributed by atoms with E-state index in [1.54, 1.807) is 69.8 Å². The fraction of sp³-hybridized carbons (Fsp3) is 0.483. The molecule has 1 heterocycles. The van der Waals surface area contributed by atoms with Gasteiger partial charge in [0.2, 0.25) is 35.4 Å².